The Morgan fingerprint density at radius 1 is 1.13 bits per heavy atom. The fourth-order valence-electron chi connectivity index (χ4n) is 2.26. The number of Topliss-reactive ketones (excluding diaryl/α,β-unsaturated/α-hetero) is 1. The highest BCUT2D eigenvalue weighted by atomic mass is 35.5. The molecule has 4 nitrogen and oxygen atoms in total. The Morgan fingerprint density at radius 3 is 2.43 bits per heavy atom. The molecule has 0 aromatic heterocycles. The zero-order valence-electron chi connectivity index (χ0n) is 13.0. The minimum absolute atomic E-state index is 0.0652. The molecule has 0 spiro atoms. The van der Waals surface area contributed by atoms with E-state index in [0.717, 1.165) is 5.69 Å². The standard InChI is InChI=1S/C18H18ClNO3/c1-13(23-14(2)21)20(17-10-6-9-16(19)11-17)12-18(22)15-7-4-3-5-8-15/h3-11,13H,12H2,1-2H3. The summed E-state index contributed by atoms with van der Waals surface area (Å²) < 4.78 is 5.24. The molecule has 0 amide bonds. The SMILES string of the molecule is CC(=O)OC(C)N(CC(=O)c1ccccc1)c1cccc(Cl)c1. The molecule has 0 saturated heterocycles. The lowest BCUT2D eigenvalue weighted by Crippen LogP contribution is -2.40. The van der Waals surface area contributed by atoms with Gasteiger partial charge in [-0.15, -0.1) is 0 Å². The summed E-state index contributed by atoms with van der Waals surface area (Å²) >= 11 is 6.03. The van der Waals surface area contributed by atoms with Gasteiger partial charge in [-0.3, -0.25) is 9.59 Å². The number of anilines is 1. The van der Waals surface area contributed by atoms with Gasteiger partial charge in [0.25, 0.3) is 0 Å². The van der Waals surface area contributed by atoms with E-state index in [9.17, 15) is 9.59 Å². The third-order valence-corrected chi connectivity index (χ3v) is 3.56. The van der Waals surface area contributed by atoms with Crippen LogP contribution in [0.1, 0.15) is 24.2 Å². The molecular formula is C18H18ClNO3. The van der Waals surface area contributed by atoms with Crippen LogP contribution in [-0.2, 0) is 9.53 Å². The number of carbonyl (C=O) groups excluding carboxylic acids is 2. The Balaban J connectivity index is 2.26. The van der Waals surface area contributed by atoms with Crippen molar-refractivity contribution in [2.24, 2.45) is 0 Å². The number of rotatable bonds is 6. The molecule has 0 aliphatic heterocycles. The van der Waals surface area contributed by atoms with Crippen LogP contribution < -0.4 is 4.90 Å². The number of ether oxygens (including phenoxy) is 1. The number of carbonyl (C=O) groups is 2. The largest absolute Gasteiger partial charge is 0.442 e. The molecule has 23 heavy (non-hydrogen) atoms. The van der Waals surface area contributed by atoms with Gasteiger partial charge in [0.05, 0.1) is 6.54 Å². The van der Waals surface area contributed by atoms with Gasteiger partial charge in [0.1, 0.15) is 0 Å². The van der Waals surface area contributed by atoms with Gasteiger partial charge < -0.3 is 9.64 Å². The summed E-state index contributed by atoms with van der Waals surface area (Å²) in [4.78, 5) is 25.5. The maximum atomic E-state index is 12.5. The highest BCUT2D eigenvalue weighted by molar-refractivity contribution is 6.30. The lowest BCUT2D eigenvalue weighted by Gasteiger charge is -2.30. The summed E-state index contributed by atoms with van der Waals surface area (Å²) in [6.45, 7) is 3.14. The van der Waals surface area contributed by atoms with Crippen LogP contribution in [0, 0.1) is 0 Å². The molecule has 0 N–H and O–H groups in total. The van der Waals surface area contributed by atoms with E-state index in [1.165, 1.54) is 6.92 Å². The van der Waals surface area contributed by atoms with E-state index in [0.29, 0.717) is 10.6 Å². The average Bonchev–Trinajstić information content (AvgIpc) is 2.52. The van der Waals surface area contributed by atoms with Crippen LogP contribution in [0.25, 0.3) is 0 Å². The van der Waals surface area contributed by atoms with E-state index in [4.69, 9.17) is 16.3 Å². The van der Waals surface area contributed by atoms with Crippen molar-refractivity contribution in [2.45, 2.75) is 20.1 Å². The zero-order chi connectivity index (χ0) is 16.8. The first-order chi connectivity index (χ1) is 11.0. The number of esters is 1. The third kappa shape index (κ3) is 4.83. The molecule has 0 aliphatic rings. The second kappa shape index (κ2) is 7.79. The monoisotopic (exact) mass is 331 g/mol. The lowest BCUT2D eigenvalue weighted by molar-refractivity contribution is -0.145. The lowest BCUT2D eigenvalue weighted by atomic mass is 10.1. The molecular weight excluding hydrogens is 314 g/mol. The summed E-state index contributed by atoms with van der Waals surface area (Å²) in [7, 11) is 0. The molecule has 0 heterocycles. The van der Waals surface area contributed by atoms with Gasteiger partial charge >= 0.3 is 5.97 Å². The molecule has 0 fully saturated rings. The maximum Gasteiger partial charge on any atom is 0.304 e. The first-order valence-electron chi connectivity index (χ1n) is 7.25. The van der Waals surface area contributed by atoms with Crippen molar-refractivity contribution < 1.29 is 14.3 Å². The van der Waals surface area contributed by atoms with Gasteiger partial charge in [-0.1, -0.05) is 48.0 Å². The van der Waals surface area contributed by atoms with E-state index < -0.39 is 12.2 Å². The van der Waals surface area contributed by atoms with Crippen molar-refractivity contribution in [3.63, 3.8) is 0 Å². The van der Waals surface area contributed by atoms with Crippen LogP contribution in [0.15, 0.2) is 54.6 Å². The molecule has 1 atom stereocenters. The second-order valence-electron chi connectivity index (χ2n) is 5.11. The summed E-state index contributed by atoms with van der Waals surface area (Å²) in [5, 5.41) is 0.551. The van der Waals surface area contributed by atoms with Crippen LogP contribution in [0.4, 0.5) is 5.69 Å². The van der Waals surface area contributed by atoms with Crippen molar-refractivity contribution in [3.05, 3.63) is 65.2 Å². The normalized spacial score (nSPS) is 11.6. The van der Waals surface area contributed by atoms with Gasteiger partial charge in [-0.2, -0.15) is 0 Å². The minimum Gasteiger partial charge on any atom is -0.442 e. The quantitative estimate of drug-likeness (QED) is 0.457. The van der Waals surface area contributed by atoms with Crippen molar-refractivity contribution in [3.8, 4) is 0 Å². The van der Waals surface area contributed by atoms with Crippen LogP contribution >= 0.6 is 11.6 Å². The molecule has 120 valence electrons. The van der Waals surface area contributed by atoms with Gasteiger partial charge in [0.2, 0.25) is 0 Å². The summed E-state index contributed by atoms with van der Waals surface area (Å²) in [5.74, 6) is -0.471. The summed E-state index contributed by atoms with van der Waals surface area (Å²) in [6, 6.07) is 16.1. The van der Waals surface area contributed by atoms with Crippen molar-refractivity contribution >= 4 is 29.0 Å². The minimum atomic E-state index is -0.585. The first-order valence-corrected chi connectivity index (χ1v) is 7.63. The van der Waals surface area contributed by atoms with Gasteiger partial charge in [0, 0.05) is 23.2 Å². The Bertz CT molecular complexity index is 688. The van der Waals surface area contributed by atoms with E-state index in [-0.39, 0.29) is 12.3 Å². The predicted octanol–water partition coefficient (Wildman–Crippen LogP) is 3.94. The molecule has 0 aliphatic carbocycles. The molecule has 2 rings (SSSR count). The Kier molecular flexibility index (Phi) is 5.77. The van der Waals surface area contributed by atoms with Crippen molar-refractivity contribution in [1.82, 2.24) is 0 Å². The van der Waals surface area contributed by atoms with Crippen molar-refractivity contribution in [1.29, 1.82) is 0 Å². The van der Waals surface area contributed by atoms with E-state index in [1.54, 1.807) is 42.2 Å². The molecule has 0 bridgehead atoms. The summed E-state index contributed by atoms with van der Waals surface area (Å²) in [5.41, 5.74) is 1.32. The maximum absolute atomic E-state index is 12.5. The Morgan fingerprint density at radius 2 is 1.83 bits per heavy atom. The molecule has 0 saturated carbocycles. The van der Waals surface area contributed by atoms with Gasteiger partial charge in [-0.05, 0) is 25.1 Å². The highest BCUT2D eigenvalue weighted by Gasteiger charge is 2.21. The van der Waals surface area contributed by atoms with Gasteiger partial charge in [-0.25, -0.2) is 0 Å². The van der Waals surface area contributed by atoms with Crippen molar-refractivity contribution in [2.75, 3.05) is 11.4 Å². The fourth-order valence-corrected chi connectivity index (χ4v) is 2.44. The van der Waals surface area contributed by atoms with Crippen LogP contribution in [0.2, 0.25) is 5.02 Å². The highest BCUT2D eigenvalue weighted by Crippen LogP contribution is 2.22. The van der Waals surface area contributed by atoms with Crippen LogP contribution in [-0.4, -0.2) is 24.5 Å². The van der Waals surface area contributed by atoms with Gasteiger partial charge in [0.15, 0.2) is 12.0 Å². The van der Waals surface area contributed by atoms with Crippen LogP contribution in [0.5, 0.6) is 0 Å². The molecule has 2 aromatic carbocycles. The zero-order valence-corrected chi connectivity index (χ0v) is 13.8. The molecule has 0 radical (unpaired) electrons. The number of hydrogen-bond donors (Lipinski definition) is 0. The molecule has 5 heteroatoms. The second-order valence-corrected chi connectivity index (χ2v) is 5.54. The Hall–Kier alpha value is -2.33. The Labute approximate surface area is 140 Å². The molecule has 1 unspecified atom stereocenters. The first kappa shape index (κ1) is 17.0. The predicted molar refractivity (Wildman–Crippen MR) is 90.8 cm³/mol. The van der Waals surface area contributed by atoms with E-state index in [2.05, 4.69) is 0 Å². The third-order valence-electron chi connectivity index (χ3n) is 3.32. The fraction of sp³-hybridized carbons (Fsp3) is 0.222. The van der Waals surface area contributed by atoms with E-state index in [1.807, 2.05) is 24.3 Å². The average molecular weight is 332 g/mol. The number of nitrogens with zero attached hydrogens (tertiary/aromatic N) is 1. The number of halogens is 1. The number of benzene rings is 2. The summed E-state index contributed by atoms with van der Waals surface area (Å²) in [6.07, 6.45) is -0.585. The molecule has 2 aromatic rings. The van der Waals surface area contributed by atoms with Crippen LogP contribution in [0.3, 0.4) is 0 Å². The number of ketones is 1. The topological polar surface area (TPSA) is 46.6 Å². The van der Waals surface area contributed by atoms with E-state index >= 15 is 0 Å². The smallest absolute Gasteiger partial charge is 0.304 e. The number of hydrogen-bond acceptors (Lipinski definition) is 4.